The molecule has 1 heterocycles. The molecule has 0 radical (unpaired) electrons. The third-order valence-electron chi connectivity index (χ3n) is 2.68. The maximum absolute atomic E-state index is 12.1. The minimum atomic E-state index is -1.19. The van der Waals surface area contributed by atoms with Gasteiger partial charge in [-0.25, -0.2) is 4.79 Å². The van der Waals surface area contributed by atoms with Crippen molar-refractivity contribution in [3.8, 4) is 5.75 Å². The molecule has 2 N–H and O–H groups in total. The second-order valence-electron chi connectivity index (χ2n) is 4.12. The van der Waals surface area contributed by atoms with E-state index in [2.05, 4.69) is 10.3 Å². The number of benzene rings is 1. The molecule has 6 nitrogen and oxygen atoms in total. The predicted molar refractivity (Wildman–Crippen MR) is 76.8 cm³/mol. The van der Waals surface area contributed by atoms with Crippen molar-refractivity contribution in [2.75, 3.05) is 11.9 Å². The number of ether oxygens (including phenoxy) is 1. The Hall–Kier alpha value is -2.89. The number of carboxylic acid groups (broad SMARTS) is 1. The largest absolute Gasteiger partial charge is 0.494 e. The standard InChI is InChI=1S/C15H14N2O4/c1-2-21-11-7-5-10(6-8-11)17-14(18)13-12(15(19)20)4-3-9-16-13/h3-9H,2H2,1H3,(H,17,18)(H,19,20). The van der Waals surface area contributed by atoms with Crippen LogP contribution in [0.1, 0.15) is 27.8 Å². The van der Waals surface area contributed by atoms with Gasteiger partial charge in [0.15, 0.2) is 0 Å². The third kappa shape index (κ3) is 3.56. The Labute approximate surface area is 121 Å². The van der Waals surface area contributed by atoms with Crippen LogP contribution in [0.4, 0.5) is 5.69 Å². The number of carbonyl (C=O) groups is 2. The van der Waals surface area contributed by atoms with Gasteiger partial charge >= 0.3 is 5.97 Å². The Balaban J connectivity index is 2.16. The highest BCUT2D eigenvalue weighted by Crippen LogP contribution is 2.16. The number of rotatable bonds is 5. The highest BCUT2D eigenvalue weighted by Gasteiger charge is 2.17. The summed E-state index contributed by atoms with van der Waals surface area (Å²) in [5.41, 5.74) is 0.269. The number of anilines is 1. The van der Waals surface area contributed by atoms with Crippen molar-refractivity contribution in [1.82, 2.24) is 4.98 Å². The van der Waals surface area contributed by atoms with Gasteiger partial charge in [-0.3, -0.25) is 9.78 Å². The van der Waals surface area contributed by atoms with Gasteiger partial charge in [-0.15, -0.1) is 0 Å². The molecule has 21 heavy (non-hydrogen) atoms. The molecule has 2 rings (SSSR count). The van der Waals surface area contributed by atoms with Crippen molar-refractivity contribution in [2.24, 2.45) is 0 Å². The number of nitrogens with zero attached hydrogens (tertiary/aromatic N) is 1. The summed E-state index contributed by atoms with van der Waals surface area (Å²) in [5.74, 6) is -1.07. The van der Waals surface area contributed by atoms with E-state index in [-0.39, 0.29) is 11.3 Å². The summed E-state index contributed by atoms with van der Waals surface area (Å²) in [6.45, 7) is 2.44. The number of nitrogens with one attached hydrogen (secondary N) is 1. The van der Waals surface area contributed by atoms with E-state index in [9.17, 15) is 9.59 Å². The SMILES string of the molecule is CCOc1ccc(NC(=O)c2ncccc2C(=O)O)cc1. The molecule has 0 unspecified atom stereocenters. The summed E-state index contributed by atoms with van der Waals surface area (Å²) >= 11 is 0. The fourth-order valence-corrected chi connectivity index (χ4v) is 1.75. The maximum Gasteiger partial charge on any atom is 0.338 e. The van der Waals surface area contributed by atoms with E-state index in [4.69, 9.17) is 9.84 Å². The molecule has 0 saturated carbocycles. The lowest BCUT2D eigenvalue weighted by atomic mass is 10.2. The first-order chi connectivity index (χ1) is 10.1. The van der Waals surface area contributed by atoms with Crippen molar-refractivity contribution in [2.45, 2.75) is 6.92 Å². The van der Waals surface area contributed by atoms with Gasteiger partial charge in [-0.2, -0.15) is 0 Å². The fourth-order valence-electron chi connectivity index (χ4n) is 1.75. The summed E-state index contributed by atoms with van der Waals surface area (Å²) in [5, 5.41) is 11.6. The van der Waals surface area contributed by atoms with Crippen LogP contribution < -0.4 is 10.1 Å². The number of aromatic carboxylic acids is 1. The first-order valence-electron chi connectivity index (χ1n) is 6.34. The second-order valence-corrected chi connectivity index (χ2v) is 4.12. The molecule has 6 heteroatoms. The summed E-state index contributed by atoms with van der Waals surface area (Å²) in [7, 11) is 0. The molecule has 0 atom stereocenters. The fraction of sp³-hybridized carbons (Fsp3) is 0.133. The zero-order valence-electron chi connectivity index (χ0n) is 11.4. The highest BCUT2D eigenvalue weighted by atomic mass is 16.5. The second kappa shape index (κ2) is 6.51. The van der Waals surface area contributed by atoms with Crippen molar-refractivity contribution >= 4 is 17.6 Å². The summed E-state index contributed by atoms with van der Waals surface area (Å²) in [6.07, 6.45) is 1.37. The van der Waals surface area contributed by atoms with Crippen LogP contribution >= 0.6 is 0 Å². The highest BCUT2D eigenvalue weighted by molar-refractivity contribution is 6.09. The number of carboxylic acids is 1. The van der Waals surface area contributed by atoms with Crippen LogP contribution in [0.2, 0.25) is 0 Å². The first-order valence-corrected chi connectivity index (χ1v) is 6.34. The molecule has 0 aliphatic heterocycles. The van der Waals surface area contributed by atoms with Gasteiger partial charge in [0, 0.05) is 11.9 Å². The molecule has 2 aromatic rings. The van der Waals surface area contributed by atoms with E-state index < -0.39 is 11.9 Å². The summed E-state index contributed by atoms with van der Waals surface area (Å²) in [6, 6.07) is 9.59. The van der Waals surface area contributed by atoms with E-state index in [0.717, 1.165) is 0 Å². The Morgan fingerprint density at radius 2 is 1.95 bits per heavy atom. The Kier molecular flexibility index (Phi) is 4.50. The molecular weight excluding hydrogens is 272 g/mol. The van der Waals surface area contributed by atoms with Crippen molar-refractivity contribution in [1.29, 1.82) is 0 Å². The zero-order chi connectivity index (χ0) is 15.2. The van der Waals surface area contributed by atoms with Crippen LogP contribution in [-0.2, 0) is 0 Å². The Bertz CT molecular complexity index is 653. The topological polar surface area (TPSA) is 88.5 Å². The minimum Gasteiger partial charge on any atom is -0.494 e. The normalized spacial score (nSPS) is 9.95. The first kappa shape index (κ1) is 14.5. The van der Waals surface area contributed by atoms with Crippen molar-refractivity contribution in [3.63, 3.8) is 0 Å². The lowest BCUT2D eigenvalue weighted by Gasteiger charge is -2.08. The van der Waals surface area contributed by atoms with Gasteiger partial charge in [0.05, 0.1) is 12.2 Å². The Morgan fingerprint density at radius 1 is 1.24 bits per heavy atom. The molecule has 0 fully saturated rings. The summed E-state index contributed by atoms with van der Waals surface area (Å²) in [4.78, 5) is 27.0. The minimum absolute atomic E-state index is 0.126. The summed E-state index contributed by atoms with van der Waals surface area (Å²) < 4.78 is 5.30. The van der Waals surface area contributed by atoms with Gasteiger partial charge in [0.1, 0.15) is 11.4 Å². The molecule has 0 aliphatic carbocycles. The average Bonchev–Trinajstić information content (AvgIpc) is 2.49. The molecular formula is C15H14N2O4. The number of hydrogen-bond acceptors (Lipinski definition) is 4. The zero-order valence-corrected chi connectivity index (χ0v) is 11.4. The average molecular weight is 286 g/mol. The van der Waals surface area contributed by atoms with Gasteiger partial charge in [0.2, 0.25) is 0 Å². The molecule has 0 spiro atoms. The third-order valence-corrected chi connectivity index (χ3v) is 2.68. The van der Waals surface area contributed by atoms with E-state index in [0.29, 0.717) is 18.0 Å². The molecule has 1 aromatic heterocycles. The van der Waals surface area contributed by atoms with Gasteiger partial charge in [-0.05, 0) is 43.3 Å². The number of carbonyl (C=O) groups excluding carboxylic acids is 1. The van der Waals surface area contributed by atoms with E-state index in [1.54, 1.807) is 24.3 Å². The lowest BCUT2D eigenvalue weighted by molar-refractivity contribution is 0.0691. The van der Waals surface area contributed by atoms with Crippen LogP contribution in [0.5, 0.6) is 5.75 Å². The van der Waals surface area contributed by atoms with Gasteiger partial charge < -0.3 is 15.2 Å². The van der Waals surface area contributed by atoms with E-state index >= 15 is 0 Å². The van der Waals surface area contributed by atoms with Crippen LogP contribution in [0.25, 0.3) is 0 Å². The van der Waals surface area contributed by atoms with Crippen LogP contribution in [0.15, 0.2) is 42.6 Å². The number of hydrogen-bond donors (Lipinski definition) is 2. The number of amides is 1. The number of aromatic nitrogens is 1. The molecule has 1 amide bonds. The van der Waals surface area contributed by atoms with Crippen molar-refractivity contribution < 1.29 is 19.4 Å². The van der Waals surface area contributed by atoms with Crippen molar-refractivity contribution in [3.05, 3.63) is 53.9 Å². The van der Waals surface area contributed by atoms with E-state index in [1.165, 1.54) is 18.3 Å². The predicted octanol–water partition coefficient (Wildman–Crippen LogP) is 2.43. The van der Waals surface area contributed by atoms with Crippen LogP contribution in [-0.4, -0.2) is 28.6 Å². The van der Waals surface area contributed by atoms with Gasteiger partial charge in [-0.1, -0.05) is 0 Å². The molecule has 0 aliphatic rings. The quantitative estimate of drug-likeness (QED) is 0.881. The molecule has 1 aromatic carbocycles. The lowest BCUT2D eigenvalue weighted by Crippen LogP contribution is -2.18. The maximum atomic E-state index is 12.1. The van der Waals surface area contributed by atoms with Crippen LogP contribution in [0.3, 0.4) is 0 Å². The number of pyridine rings is 1. The monoisotopic (exact) mass is 286 g/mol. The van der Waals surface area contributed by atoms with Gasteiger partial charge in [0.25, 0.3) is 5.91 Å². The molecule has 0 saturated heterocycles. The Morgan fingerprint density at radius 3 is 2.57 bits per heavy atom. The molecule has 0 bridgehead atoms. The van der Waals surface area contributed by atoms with E-state index in [1.807, 2.05) is 6.92 Å². The molecule has 108 valence electrons. The smallest absolute Gasteiger partial charge is 0.338 e. The van der Waals surface area contributed by atoms with Crippen LogP contribution in [0, 0.1) is 0 Å².